The summed E-state index contributed by atoms with van der Waals surface area (Å²) in [5.41, 5.74) is 1.25. The number of aryl methyl sites for hydroxylation is 1. The minimum atomic E-state index is -3.97. The molecule has 0 fully saturated rings. The number of hydrogen-bond acceptors (Lipinski definition) is 4. The normalized spacial score (nSPS) is 11.2. The van der Waals surface area contributed by atoms with E-state index < -0.39 is 10.1 Å². The van der Waals surface area contributed by atoms with Gasteiger partial charge in [0.1, 0.15) is 4.90 Å². The predicted molar refractivity (Wildman–Crippen MR) is 89.8 cm³/mol. The van der Waals surface area contributed by atoms with Gasteiger partial charge in [0.25, 0.3) is 0 Å². The minimum Gasteiger partial charge on any atom is -0.376 e. The Kier molecular flexibility index (Phi) is 5.26. The Hall–Kier alpha value is -1.37. The van der Waals surface area contributed by atoms with E-state index in [1.54, 1.807) is 12.1 Å². The zero-order valence-corrected chi connectivity index (χ0v) is 14.9. The molecule has 1 aromatic heterocycles. The van der Waals surface area contributed by atoms with Crippen LogP contribution in [0.3, 0.4) is 0 Å². The molecule has 0 aliphatic heterocycles. The molecule has 0 bridgehead atoms. The Bertz CT molecular complexity index is 804. The molecule has 4 nitrogen and oxygen atoms in total. The van der Waals surface area contributed by atoms with Gasteiger partial charge >= 0.3 is 10.1 Å². The highest BCUT2D eigenvalue weighted by Gasteiger charge is 2.21. The first-order valence-corrected chi connectivity index (χ1v) is 8.88. The highest BCUT2D eigenvalue weighted by molar-refractivity contribution is 9.10. The van der Waals surface area contributed by atoms with Crippen molar-refractivity contribution in [3.8, 4) is 5.75 Å². The number of benzene rings is 1. The van der Waals surface area contributed by atoms with E-state index in [4.69, 9.17) is 15.8 Å². The molecule has 0 spiro atoms. The maximum atomic E-state index is 12.4. The minimum absolute atomic E-state index is 0.0222. The van der Waals surface area contributed by atoms with Crippen molar-refractivity contribution in [1.29, 1.82) is 0 Å². The Morgan fingerprint density at radius 1 is 1.36 bits per heavy atom. The Morgan fingerprint density at radius 2 is 2.00 bits per heavy atom. The molecule has 2 rings (SSSR count). The lowest BCUT2D eigenvalue weighted by molar-refractivity contribution is 0.480. The van der Waals surface area contributed by atoms with Crippen LogP contribution in [0.2, 0.25) is 5.02 Å². The smallest absolute Gasteiger partial charge is 0.339 e. The van der Waals surface area contributed by atoms with Gasteiger partial charge in [0.15, 0.2) is 5.75 Å². The summed E-state index contributed by atoms with van der Waals surface area (Å²) in [6, 6.07) is 7.45. The SMILES string of the molecule is C=CCc1nc(C)cc(Br)c1OS(=O)(=O)c1ccc(Cl)cc1. The molecule has 0 aliphatic carbocycles. The monoisotopic (exact) mass is 401 g/mol. The summed E-state index contributed by atoms with van der Waals surface area (Å²) < 4.78 is 30.5. The summed E-state index contributed by atoms with van der Waals surface area (Å²) in [6.45, 7) is 5.46. The van der Waals surface area contributed by atoms with Crippen molar-refractivity contribution < 1.29 is 12.6 Å². The van der Waals surface area contributed by atoms with Gasteiger partial charge in [0.05, 0.1) is 10.2 Å². The first-order chi connectivity index (χ1) is 10.3. The van der Waals surface area contributed by atoms with Gasteiger partial charge < -0.3 is 4.18 Å². The molecular weight excluding hydrogens is 390 g/mol. The number of halogens is 2. The van der Waals surface area contributed by atoms with E-state index in [2.05, 4.69) is 27.5 Å². The Balaban J connectivity index is 2.45. The molecule has 0 amide bonds. The maximum absolute atomic E-state index is 12.4. The molecule has 0 saturated heterocycles. The molecule has 0 aliphatic rings. The van der Waals surface area contributed by atoms with Gasteiger partial charge in [-0.05, 0) is 53.2 Å². The lowest BCUT2D eigenvalue weighted by atomic mass is 10.2. The van der Waals surface area contributed by atoms with E-state index >= 15 is 0 Å². The van der Waals surface area contributed by atoms with Gasteiger partial charge in [-0.25, -0.2) is 0 Å². The van der Waals surface area contributed by atoms with Crippen LogP contribution in [0.4, 0.5) is 0 Å². The van der Waals surface area contributed by atoms with E-state index in [-0.39, 0.29) is 10.6 Å². The van der Waals surface area contributed by atoms with Crippen LogP contribution in [0.25, 0.3) is 0 Å². The molecule has 0 atom stereocenters. The fourth-order valence-corrected chi connectivity index (χ4v) is 3.65. The Labute approximate surface area is 143 Å². The van der Waals surface area contributed by atoms with Gasteiger partial charge in [0, 0.05) is 17.1 Å². The molecule has 0 N–H and O–H groups in total. The van der Waals surface area contributed by atoms with E-state index in [9.17, 15) is 8.42 Å². The average Bonchev–Trinajstić information content (AvgIpc) is 2.43. The van der Waals surface area contributed by atoms with Crippen molar-refractivity contribution in [3.63, 3.8) is 0 Å². The van der Waals surface area contributed by atoms with E-state index in [0.29, 0.717) is 21.6 Å². The van der Waals surface area contributed by atoms with Crippen molar-refractivity contribution in [2.24, 2.45) is 0 Å². The zero-order valence-electron chi connectivity index (χ0n) is 11.7. The second-order valence-electron chi connectivity index (χ2n) is 4.51. The van der Waals surface area contributed by atoms with Crippen molar-refractivity contribution in [2.45, 2.75) is 18.2 Å². The molecular formula is C15H13BrClNO3S. The lowest BCUT2D eigenvalue weighted by Crippen LogP contribution is -2.12. The maximum Gasteiger partial charge on any atom is 0.339 e. The standard InChI is InChI=1S/C15H13BrClNO3S/c1-3-4-14-15(13(16)9-10(2)18-14)21-22(19,20)12-7-5-11(17)6-8-12/h3,5-9H,1,4H2,2H3. The average molecular weight is 403 g/mol. The van der Waals surface area contributed by atoms with Crippen LogP contribution in [0, 0.1) is 6.92 Å². The third kappa shape index (κ3) is 3.88. The van der Waals surface area contributed by atoms with Crippen LogP contribution >= 0.6 is 27.5 Å². The molecule has 0 unspecified atom stereocenters. The van der Waals surface area contributed by atoms with Crippen LogP contribution in [0.5, 0.6) is 5.75 Å². The van der Waals surface area contributed by atoms with Gasteiger partial charge in [-0.2, -0.15) is 8.42 Å². The van der Waals surface area contributed by atoms with Gasteiger partial charge in [-0.15, -0.1) is 6.58 Å². The molecule has 2 aromatic rings. The molecule has 7 heteroatoms. The summed E-state index contributed by atoms with van der Waals surface area (Å²) in [4.78, 5) is 4.33. The third-order valence-electron chi connectivity index (χ3n) is 2.76. The fourth-order valence-electron chi connectivity index (χ4n) is 1.80. The predicted octanol–water partition coefficient (Wildman–Crippen LogP) is 4.30. The second kappa shape index (κ2) is 6.81. The van der Waals surface area contributed by atoms with Crippen molar-refractivity contribution in [3.05, 3.63) is 63.9 Å². The van der Waals surface area contributed by atoms with Crippen molar-refractivity contribution in [2.75, 3.05) is 0 Å². The quantitative estimate of drug-likeness (QED) is 0.552. The molecule has 1 aromatic carbocycles. The van der Waals surface area contributed by atoms with Gasteiger partial charge in [0.2, 0.25) is 0 Å². The fraction of sp³-hybridized carbons (Fsp3) is 0.133. The van der Waals surface area contributed by atoms with Crippen LogP contribution in [0.15, 0.2) is 52.4 Å². The molecule has 1 heterocycles. The van der Waals surface area contributed by atoms with Crippen LogP contribution < -0.4 is 4.18 Å². The van der Waals surface area contributed by atoms with E-state index in [1.807, 2.05) is 6.92 Å². The van der Waals surface area contributed by atoms with Gasteiger partial charge in [-0.3, -0.25) is 4.98 Å². The van der Waals surface area contributed by atoms with E-state index in [1.165, 1.54) is 24.3 Å². The molecule has 116 valence electrons. The highest BCUT2D eigenvalue weighted by Crippen LogP contribution is 2.32. The first-order valence-electron chi connectivity index (χ1n) is 6.30. The third-order valence-corrected chi connectivity index (χ3v) is 4.84. The zero-order chi connectivity index (χ0) is 16.3. The lowest BCUT2D eigenvalue weighted by Gasteiger charge is -2.12. The summed E-state index contributed by atoms with van der Waals surface area (Å²) in [5.74, 6) is 0.167. The number of nitrogens with zero attached hydrogens (tertiary/aromatic N) is 1. The highest BCUT2D eigenvalue weighted by atomic mass is 79.9. The summed E-state index contributed by atoms with van der Waals surface area (Å²) in [5, 5.41) is 0.449. The van der Waals surface area contributed by atoms with Crippen LogP contribution in [-0.4, -0.2) is 13.4 Å². The first kappa shape index (κ1) is 17.0. The summed E-state index contributed by atoms with van der Waals surface area (Å²) in [6.07, 6.45) is 2.03. The number of pyridine rings is 1. The van der Waals surface area contributed by atoms with Crippen molar-refractivity contribution >= 4 is 37.6 Å². The number of hydrogen-bond donors (Lipinski definition) is 0. The molecule has 0 radical (unpaired) electrons. The summed E-state index contributed by atoms with van der Waals surface area (Å²) in [7, 11) is -3.97. The topological polar surface area (TPSA) is 56.3 Å². The number of allylic oxidation sites excluding steroid dienone is 1. The summed E-state index contributed by atoms with van der Waals surface area (Å²) >= 11 is 9.09. The molecule has 22 heavy (non-hydrogen) atoms. The number of rotatable bonds is 5. The van der Waals surface area contributed by atoms with Crippen molar-refractivity contribution in [1.82, 2.24) is 4.98 Å². The Morgan fingerprint density at radius 3 is 2.59 bits per heavy atom. The van der Waals surface area contributed by atoms with E-state index in [0.717, 1.165) is 5.69 Å². The largest absolute Gasteiger partial charge is 0.376 e. The number of aromatic nitrogens is 1. The molecule has 0 saturated carbocycles. The van der Waals surface area contributed by atoms with Crippen LogP contribution in [-0.2, 0) is 16.5 Å². The second-order valence-corrected chi connectivity index (χ2v) is 7.34. The van der Waals surface area contributed by atoms with Gasteiger partial charge in [-0.1, -0.05) is 17.7 Å². The van der Waals surface area contributed by atoms with Crippen LogP contribution in [0.1, 0.15) is 11.4 Å².